The second-order valence-corrected chi connectivity index (χ2v) is 2.97. The van der Waals surface area contributed by atoms with Crippen LogP contribution in [-0.4, -0.2) is 16.1 Å². The molecule has 82 valence electrons. The van der Waals surface area contributed by atoms with E-state index in [1.807, 2.05) is 0 Å². The number of hydrogen-bond acceptors (Lipinski definition) is 3. The Hall–Kier alpha value is -2.24. The van der Waals surface area contributed by atoms with Gasteiger partial charge in [-0.3, -0.25) is 0 Å². The minimum Gasteiger partial charge on any atom is -0.476 e. The topological polar surface area (TPSA) is 63.3 Å². The predicted octanol–water partition coefficient (Wildman–Crippen LogP) is 2.32. The molecule has 1 heterocycles. The maximum atomic E-state index is 12.9. The van der Waals surface area contributed by atoms with Crippen molar-refractivity contribution in [2.24, 2.45) is 0 Å². The Balaban J connectivity index is 2.42. The van der Waals surface area contributed by atoms with Gasteiger partial charge >= 0.3 is 5.97 Å². The van der Waals surface area contributed by atoms with Crippen molar-refractivity contribution in [3.05, 3.63) is 41.8 Å². The molecule has 0 bridgehead atoms. The van der Waals surface area contributed by atoms with Crippen LogP contribution in [0.15, 0.2) is 28.9 Å². The Kier molecular flexibility index (Phi) is 2.40. The Bertz CT molecular complexity index is 551. The number of oxazole rings is 1. The lowest BCUT2D eigenvalue weighted by Crippen LogP contribution is -1.95. The number of carbonyl (C=O) groups is 1. The second-order valence-electron chi connectivity index (χ2n) is 2.97. The van der Waals surface area contributed by atoms with E-state index in [4.69, 9.17) is 9.52 Å². The number of halogens is 2. The van der Waals surface area contributed by atoms with Crippen molar-refractivity contribution in [3.8, 4) is 11.5 Å². The van der Waals surface area contributed by atoms with Gasteiger partial charge in [0.15, 0.2) is 17.3 Å². The summed E-state index contributed by atoms with van der Waals surface area (Å²) in [5, 5.41) is 8.59. The number of rotatable bonds is 2. The lowest BCUT2D eigenvalue weighted by molar-refractivity contribution is 0.0690. The maximum absolute atomic E-state index is 12.9. The number of hydrogen-bond donors (Lipinski definition) is 1. The van der Waals surface area contributed by atoms with E-state index < -0.39 is 17.6 Å². The first-order chi connectivity index (χ1) is 7.58. The second kappa shape index (κ2) is 3.73. The molecule has 2 rings (SSSR count). The van der Waals surface area contributed by atoms with Crippen molar-refractivity contribution in [3.63, 3.8) is 0 Å². The molecular weight excluding hydrogens is 220 g/mol. The molecule has 0 spiro atoms. The van der Waals surface area contributed by atoms with E-state index >= 15 is 0 Å². The summed E-state index contributed by atoms with van der Waals surface area (Å²) in [7, 11) is 0. The maximum Gasteiger partial charge on any atom is 0.357 e. The number of carboxylic acid groups (broad SMARTS) is 1. The number of aromatic nitrogens is 1. The Morgan fingerprint density at radius 1 is 1.31 bits per heavy atom. The smallest absolute Gasteiger partial charge is 0.357 e. The summed E-state index contributed by atoms with van der Waals surface area (Å²) in [4.78, 5) is 14.1. The first-order valence-electron chi connectivity index (χ1n) is 4.22. The molecule has 0 unspecified atom stereocenters. The molecule has 0 fully saturated rings. The number of carboxylic acids is 1. The third-order valence-corrected chi connectivity index (χ3v) is 1.89. The summed E-state index contributed by atoms with van der Waals surface area (Å²) in [5.74, 6) is -3.37. The van der Waals surface area contributed by atoms with Crippen molar-refractivity contribution in [2.45, 2.75) is 0 Å². The van der Waals surface area contributed by atoms with Crippen LogP contribution in [0.2, 0.25) is 0 Å². The highest BCUT2D eigenvalue weighted by Gasteiger charge is 2.13. The highest BCUT2D eigenvalue weighted by molar-refractivity contribution is 5.85. The molecular formula is C10H5F2NO3. The molecule has 16 heavy (non-hydrogen) atoms. The molecule has 0 amide bonds. The molecule has 6 heteroatoms. The SMILES string of the molecule is O=C(O)c1coc(-c2ccc(F)c(F)c2)n1. The van der Waals surface area contributed by atoms with Crippen LogP contribution in [0, 0.1) is 11.6 Å². The average Bonchev–Trinajstić information content (AvgIpc) is 2.71. The monoisotopic (exact) mass is 225 g/mol. The summed E-state index contributed by atoms with van der Waals surface area (Å²) in [6.45, 7) is 0. The van der Waals surface area contributed by atoms with Crippen LogP contribution in [0.1, 0.15) is 10.5 Å². The van der Waals surface area contributed by atoms with Gasteiger partial charge in [0.25, 0.3) is 0 Å². The Labute approximate surface area is 88.2 Å². The number of benzene rings is 1. The van der Waals surface area contributed by atoms with Crippen LogP contribution in [0.3, 0.4) is 0 Å². The van der Waals surface area contributed by atoms with Crippen LogP contribution in [0.4, 0.5) is 8.78 Å². The first-order valence-corrected chi connectivity index (χ1v) is 4.22. The summed E-state index contributed by atoms with van der Waals surface area (Å²) >= 11 is 0. The lowest BCUT2D eigenvalue weighted by Gasteiger charge is -1.96. The van der Waals surface area contributed by atoms with E-state index in [2.05, 4.69) is 4.98 Å². The third-order valence-electron chi connectivity index (χ3n) is 1.89. The molecule has 0 saturated heterocycles. The Morgan fingerprint density at radius 3 is 2.62 bits per heavy atom. The van der Waals surface area contributed by atoms with Crippen molar-refractivity contribution in [1.29, 1.82) is 0 Å². The van der Waals surface area contributed by atoms with Crippen LogP contribution in [0.5, 0.6) is 0 Å². The highest BCUT2D eigenvalue weighted by Crippen LogP contribution is 2.20. The normalized spacial score (nSPS) is 10.4. The molecule has 0 radical (unpaired) electrons. The minimum atomic E-state index is -1.25. The molecule has 0 aliphatic carbocycles. The fourth-order valence-corrected chi connectivity index (χ4v) is 1.13. The van der Waals surface area contributed by atoms with Gasteiger partial charge in [-0.1, -0.05) is 0 Å². The molecule has 1 aromatic carbocycles. The first kappa shape index (κ1) is 10.3. The zero-order valence-electron chi connectivity index (χ0n) is 7.78. The van der Waals surface area contributed by atoms with E-state index in [0.29, 0.717) is 0 Å². The zero-order valence-corrected chi connectivity index (χ0v) is 7.78. The van der Waals surface area contributed by atoms with Gasteiger partial charge in [0.1, 0.15) is 6.26 Å². The van der Waals surface area contributed by atoms with Crippen molar-refractivity contribution >= 4 is 5.97 Å². The highest BCUT2D eigenvalue weighted by atomic mass is 19.2. The summed E-state index contributed by atoms with van der Waals surface area (Å²) in [6, 6.07) is 3.04. The third kappa shape index (κ3) is 1.77. The molecule has 0 atom stereocenters. The predicted molar refractivity (Wildman–Crippen MR) is 48.8 cm³/mol. The molecule has 0 aliphatic heterocycles. The van der Waals surface area contributed by atoms with Crippen molar-refractivity contribution < 1.29 is 23.1 Å². The fourth-order valence-electron chi connectivity index (χ4n) is 1.13. The largest absolute Gasteiger partial charge is 0.476 e. The number of aromatic carboxylic acids is 1. The number of nitrogens with zero attached hydrogens (tertiary/aromatic N) is 1. The van der Waals surface area contributed by atoms with Gasteiger partial charge < -0.3 is 9.52 Å². The van der Waals surface area contributed by atoms with Crippen LogP contribution in [-0.2, 0) is 0 Å². The fraction of sp³-hybridized carbons (Fsp3) is 0. The van der Waals surface area contributed by atoms with Gasteiger partial charge in [0.05, 0.1) is 0 Å². The molecule has 2 aromatic rings. The molecule has 1 aromatic heterocycles. The van der Waals surface area contributed by atoms with Gasteiger partial charge in [-0.15, -0.1) is 0 Å². The molecule has 0 aliphatic rings. The summed E-state index contributed by atoms with van der Waals surface area (Å²) < 4.78 is 30.3. The van der Waals surface area contributed by atoms with Gasteiger partial charge in [0.2, 0.25) is 5.89 Å². The standard InChI is InChI=1S/C10H5F2NO3/c11-6-2-1-5(3-7(6)12)9-13-8(4-16-9)10(14)15/h1-4H,(H,14,15). The van der Waals surface area contributed by atoms with Crippen LogP contribution >= 0.6 is 0 Å². The van der Waals surface area contributed by atoms with E-state index in [-0.39, 0.29) is 17.1 Å². The summed E-state index contributed by atoms with van der Waals surface area (Å²) in [5.41, 5.74) is -0.119. The van der Waals surface area contributed by atoms with E-state index in [1.165, 1.54) is 6.07 Å². The average molecular weight is 225 g/mol. The van der Waals surface area contributed by atoms with Crippen molar-refractivity contribution in [1.82, 2.24) is 4.98 Å². The van der Waals surface area contributed by atoms with Crippen LogP contribution < -0.4 is 0 Å². The zero-order chi connectivity index (χ0) is 11.7. The lowest BCUT2D eigenvalue weighted by atomic mass is 10.2. The van der Waals surface area contributed by atoms with Gasteiger partial charge in [-0.05, 0) is 18.2 Å². The van der Waals surface area contributed by atoms with Crippen molar-refractivity contribution in [2.75, 3.05) is 0 Å². The Morgan fingerprint density at radius 2 is 2.06 bits per heavy atom. The molecule has 1 N–H and O–H groups in total. The summed E-state index contributed by atoms with van der Waals surface area (Å²) in [6.07, 6.45) is 0.929. The van der Waals surface area contributed by atoms with E-state index in [0.717, 1.165) is 18.4 Å². The van der Waals surface area contributed by atoms with E-state index in [1.54, 1.807) is 0 Å². The molecule has 4 nitrogen and oxygen atoms in total. The van der Waals surface area contributed by atoms with Gasteiger partial charge in [-0.2, -0.15) is 0 Å². The van der Waals surface area contributed by atoms with E-state index in [9.17, 15) is 13.6 Å². The van der Waals surface area contributed by atoms with Gasteiger partial charge in [-0.25, -0.2) is 18.6 Å². The molecule has 0 saturated carbocycles. The minimum absolute atomic E-state index is 0.0729. The quantitative estimate of drug-likeness (QED) is 0.851. The van der Waals surface area contributed by atoms with Gasteiger partial charge in [0, 0.05) is 5.56 Å². The van der Waals surface area contributed by atoms with Crippen LogP contribution in [0.25, 0.3) is 11.5 Å².